The molecule has 2 atom stereocenters. The molecule has 2 saturated heterocycles. The van der Waals surface area contributed by atoms with Crippen LogP contribution in [-0.2, 0) is 9.84 Å². The number of nitrogens with zero attached hydrogens (tertiary/aromatic N) is 2. The van der Waals surface area contributed by atoms with Crippen molar-refractivity contribution in [2.24, 2.45) is 5.92 Å². The van der Waals surface area contributed by atoms with E-state index in [-0.39, 0.29) is 12.0 Å². The Bertz CT molecular complexity index is 371. The second kappa shape index (κ2) is 4.11. The molecule has 2 heterocycles. The monoisotopic (exact) mass is 228 g/mol. The molecule has 0 bridgehead atoms. The normalized spacial score (nSPS) is 36.2. The van der Waals surface area contributed by atoms with Gasteiger partial charge in [0.25, 0.3) is 0 Å². The Hall–Kier alpha value is -0.600. The summed E-state index contributed by atoms with van der Waals surface area (Å²) in [5, 5.41) is 8.86. The fourth-order valence-corrected chi connectivity index (χ4v) is 4.27. The molecule has 0 aliphatic carbocycles. The summed E-state index contributed by atoms with van der Waals surface area (Å²) in [6.45, 7) is 1.72. The third kappa shape index (κ3) is 2.50. The number of likely N-dealkylation sites (tertiary alicyclic amines) is 1. The van der Waals surface area contributed by atoms with Crippen LogP contribution in [-0.4, -0.2) is 44.0 Å². The molecule has 0 aromatic carbocycles. The van der Waals surface area contributed by atoms with E-state index in [9.17, 15) is 8.42 Å². The molecule has 15 heavy (non-hydrogen) atoms. The van der Waals surface area contributed by atoms with Gasteiger partial charge >= 0.3 is 0 Å². The third-order valence-electron chi connectivity index (χ3n) is 3.36. The van der Waals surface area contributed by atoms with Crippen molar-refractivity contribution in [1.82, 2.24) is 4.90 Å². The average molecular weight is 228 g/mol. The van der Waals surface area contributed by atoms with E-state index in [1.165, 1.54) is 0 Å². The second-order valence-electron chi connectivity index (χ2n) is 4.52. The van der Waals surface area contributed by atoms with Crippen LogP contribution in [0.2, 0.25) is 0 Å². The Balaban J connectivity index is 1.98. The zero-order chi connectivity index (χ0) is 10.9. The molecular formula is C10H16N2O2S. The quantitative estimate of drug-likeness (QED) is 0.652. The van der Waals surface area contributed by atoms with Crippen LogP contribution in [0.5, 0.6) is 0 Å². The first-order valence-corrected chi connectivity index (χ1v) is 7.27. The molecular weight excluding hydrogens is 212 g/mol. The van der Waals surface area contributed by atoms with Gasteiger partial charge < -0.3 is 0 Å². The molecule has 2 aliphatic heterocycles. The Morgan fingerprint density at radius 2 is 2.13 bits per heavy atom. The standard InChI is InChI=1S/C10H16N2O2S/c11-6-9-2-1-4-12(7-9)10-3-5-15(13,14)8-10/h9-10H,1-5,7-8H2. The Morgan fingerprint density at radius 1 is 1.33 bits per heavy atom. The van der Waals surface area contributed by atoms with Gasteiger partial charge in [-0.2, -0.15) is 5.26 Å². The zero-order valence-corrected chi connectivity index (χ0v) is 9.54. The summed E-state index contributed by atoms with van der Waals surface area (Å²) in [5.74, 6) is 0.721. The molecule has 0 amide bonds. The Kier molecular flexibility index (Phi) is 2.98. The molecule has 2 aliphatic rings. The van der Waals surface area contributed by atoms with Crippen molar-refractivity contribution < 1.29 is 8.42 Å². The topological polar surface area (TPSA) is 61.2 Å². The molecule has 0 N–H and O–H groups in total. The molecule has 0 aromatic rings. The molecule has 84 valence electrons. The highest BCUT2D eigenvalue weighted by atomic mass is 32.2. The predicted octanol–water partition coefficient (Wildman–Crippen LogP) is 0.409. The summed E-state index contributed by atoms with van der Waals surface area (Å²) in [7, 11) is -2.79. The first-order chi connectivity index (χ1) is 7.11. The fourth-order valence-electron chi connectivity index (χ4n) is 2.51. The van der Waals surface area contributed by atoms with E-state index >= 15 is 0 Å². The van der Waals surface area contributed by atoms with E-state index < -0.39 is 9.84 Å². The average Bonchev–Trinajstić information content (AvgIpc) is 2.59. The lowest BCUT2D eigenvalue weighted by molar-refractivity contribution is 0.154. The van der Waals surface area contributed by atoms with E-state index in [4.69, 9.17) is 5.26 Å². The summed E-state index contributed by atoms with van der Waals surface area (Å²) < 4.78 is 22.7. The number of rotatable bonds is 1. The van der Waals surface area contributed by atoms with Crippen LogP contribution in [0.1, 0.15) is 19.3 Å². The number of nitriles is 1. The van der Waals surface area contributed by atoms with E-state index in [1.54, 1.807) is 0 Å². The lowest BCUT2D eigenvalue weighted by Crippen LogP contribution is -2.43. The van der Waals surface area contributed by atoms with Crippen molar-refractivity contribution in [3.63, 3.8) is 0 Å². The van der Waals surface area contributed by atoms with Crippen LogP contribution < -0.4 is 0 Å². The van der Waals surface area contributed by atoms with E-state index in [0.717, 1.165) is 32.4 Å². The van der Waals surface area contributed by atoms with E-state index in [2.05, 4.69) is 11.0 Å². The van der Waals surface area contributed by atoms with Gasteiger partial charge in [0, 0.05) is 12.6 Å². The summed E-state index contributed by atoms with van der Waals surface area (Å²) in [6.07, 6.45) is 2.74. The highest BCUT2D eigenvalue weighted by Gasteiger charge is 2.34. The first-order valence-electron chi connectivity index (χ1n) is 5.45. The molecule has 0 radical (unpaired) electrons. The van der Waals surface area contributed by atoms with E-state index in [1.807, 2.05) is 0 Å². The number of piperidine rings is 1. The van der Waals surface area contributed by atoms with Gasteiger partial charge in [0.2, 0.25) is 0 Å². The van der Waals surface area contributed by atoms with Crippen LogP contribution in [0.4, 0.5) is 0 Å². The Morgan fingerprint density at radius 3 is 2.73 bits per heavy atom. The summed E-state index contributed by atoms with van der Waals surface area (Å²) in [5.41, 5.74) is 0. The molecule has 2 rings (SSSR count). The molecule has 0 saturated carbocycles. The van der Waals surface area contributed by atoms with Crippen LogP contribution in [0.15, 0.2) is 0 Å². The minimum Gasteiger partial charge on any atom is -0.298 e. The largest absolute Gasteiger partial charge is 0.298 e. The fraction of sp³-hybridized carbons (Fsp3) is 0.900. The van der Waals surface area contributed by atoms with Gasteiger partial charge in [-0.05, 0) is 25.8 Å². The van der Waals surface area contributed by atoms with E-state index in [0.29, 0.717) is 11.5 Å². The van der Waals surface area contributed by atoms with Crippen molar-refractivity contribution in [3.05, 3.63) is 0 Å². The zero-order valence-electron chi connectivity index (χ0n) is 8.72. The summed E-state index contributed by atoms with van der Waals surface area (Å²) >= 11 is 0. The van der Waals surface area contributed by atoms with Gasteiger partial charge in [-0.3, -0.25) is 4.90 Å². The van der Waals surface area contributed by atoms with Crippen molar-refractivity contribution >= 4 is 9.84 Å². The van der Waals surface area contributed by atoms with Gasteiger partial charge in [0.1, 0.15) is 0 Å². The van der Waals surface area contributed by atoms with Crippen LogP contribution >= 0.6 is 0 Å². The lowest BCUT2D eigenvalue weighted by atomic mass is 9.98. The number of hydrogen-bond donors (Lipinski definition) is 0. The minimum absolute atomic E-state index is 0.0991. The maximum absolute atomic E-state index is 11.3. The Labute approximate surface area is 90.8 Å². The van der Waals surface area contributed by atoms with Gasteiger partial charge in [0.05, 0.1) is 23.5 Å². The molecule has 4 nitrogen and oxygen atoms in total. The molecule has 0 aromatic heterocycles. The molecule has 0 spiro atoms. The van der Waals surface area contributed by atoms with Crippen molar-refractivity contribution in [1.29, 1.82) is 5.26 Å². The minimum atomic E-state index is -2.79. The summed E-state index contributed by atoms with van der Waals surface area (Å²) in [4.78, 5) is 2.20. The first kappa shape index (κ1) is 10.9. The SMILES string of the molecule is N#CC1CCCN(C2CCS(=O)(=O)C2)C1. The highest BCUT2D eigenvalue weighted by molar-refractivity contribution is 7.91. The molecule has 2 fully saturated rings. The van der Waals surface area contributed by atoms with Gasteiger partial charge in [-0.25, -0.2) is 8.42 Å². The van der Waals surface area contributed by atoms with Gasteiger partial charge in [-0.1, -0.05) is 0 Å². The van der Waals surface area contributed by atoms with Gasteiger partial charge in [-0.15, -0.1) is 0 Å². The number of hydrogen-bond acceptors (Lipinski definition) is 4. The van der Waals surface area contributed by atoms with Crippen LogP contribution in [0.3, 0.4) is 0 Å². The number of sulfone groups is 1. The van der Waals surface area contributed by atoms with Crippen LogP contribution in [0, 0.1) is 17.2 Å². The smallest absolute Gasteiger partial charge is 0.151 e. The maximum atomic E-state index is 11.3. The lowest BCUT2D eigenvalue weighted by Gasteiger charge is -2.33. The highest BCUT2D eigenvalue weighted by Crippen LogP contribution is 2.23. The molecule has 5 heteroatoms. The third-order valence-corrected chi connectivity index (χ3v) is 5.11. The molecule has 2 unspecified atom stereocenters. The maximum Gasteiger partial charge on any atom is 0.151 e. The van der Waals surface area contributed by atoms with Crippen molar-refractivity contribution in [3.8, 4) is 6.07 Å². The van der Waals surface area contributed by atoms with Gasteiger partial charge in [0.15, 0.2) is 9.84 Å². The second-order valence-corrected chi connectivity index (χ2v) is 6.75. The van der Waals surface area contributed by atoms with Crippen molar-refractivity contribution in [2.75, 3.05) is 24.6 Å². The predicted molar refractivity (Wildman–Crippen MR) is 57.0 cm³/mol. The van der Waals surface area contributed by atoms with Crippen LogP contribution in [0.25, 0.3) is 0 Å². The van der Waals surface area contributed by atoms with Crippen molar-refractivity contribution in [2.45, 2.75) is 25.3 Å². The summed E-state index contributed by atoms with van der Waals surface area (Å²) in [6, 6.07) is 2.46.